The molecule has 1 saturated heterocycles. The third-order valence-corrected chi connectivity index (χ3v) is 6.27. The van der Waals surface area contributed by atoms with Crippen LogP contribution in [-0.2, 0) is 4.74 Å². The number of aromatic nitrogens is 3. The molecule has 12 heteroatoms. The van der Waals surface area contributed by atoms with Crippen molar-refractivity contribution in [2.75, 3.05) is 33.0 Å². The number of nitrogen functional groups attached to an aromatic ring is 1. The number of nitrogens with two attached hydrogens (primary N) is 1. The van der Waals surface area contributed by atoms with Gasteiger partial charge in [-0.2, -0.15) is 5.10 Å². The van der Waals surface area contributed by atoms with Crippen LogP contribution in [0.15, 0.2) is 12.3 Å². The minimum Gasteiger partial charge on any atom is -0.493 e. The molecule has 1 aliphatic heterocycles. The first-order valence-corrected chi connectivity index (χ1v) is 12.3. The third-order valence-electron chi connectivity index (χ3n) is 6.27. The Hall–Kier alpha value is -4.11. The van der Waals surface area contributed by atoms with Gasteiger partial charge in [0.25, 0.3) is 0 Å². The van der Waals surface area contributed by atoms with E-state index in [4.69, 9.17) is 19.9 Å². The Morgan fingerprint density at radius 3 is 2.41 bits per heavy atom. The van der Waals surface area contributed by atoms with Crippen molar-refractivity contribution in [3.63, 3.8) is 0 Å². The van der Waals surface area contributed by atoms with Crippen LogP contribution in [0.25, 0.3) is 10.9 Å². The summed E-state index contributed by atoms with van der Waals surface area (Å²) in [4.78, 5) is 18.4. The summed E-state index contributed by atoms with van der Waals surface area (Å²) in [6, 6.07) is 0.785. The number of aliphatic hydroxyl groups excluding tert-OH is 1. The van der Waals surface area contributed by atoms with E-state index in [1.54, 1.807) is 37.3 Å². The van der Waals surface area contributed by atoms with Crippen LogP contribution in [0.3, 0.4) is 0 Å². The van der Waals surface area contributed by atoms with Crippen molar-refractivity contribution in [1.29, 1.82) is 0 Å². The van der Waals surface area contributed by atoms with E-state index in [0.717, 1.165) is 6.07 Å². The number of anilines is 1. The predicted octanol–water partition coefficient (Wildman–Crippen LogP) is 3.94. The Bertz CT molecular complexity index is 1460. The van der Waals surface area contributed by atoms with Crippen molar-refractivity contribution in [2.24, 2.45) is 0 Å². The first-order chi connectivity index (χ1) is 18.4. The molecular formula is C27H31F2N5O5. The normalized spacial score (nSPS) is 16.1. The average molecular weight is 544 g/mol. The van der Waals surface area contributed by atoms with Gasteiger partial charge in [-0.1, -0.05) is 5.92 Å². The molecule has 0 radical (unpaired) electrons. The van der Waals surface area contributed by atoms with Crippen LogP contribution >= 0.6 is 0 Å². The number of fused-ring (bicyclic) bond motifs is 1. The number of hydrogen-bond acceptors (Lipinski definition) is 8. The minimum absolute atomic E-state index is 0.0797. The van der Waals surface area contributed by atoms with Gasteiger partial charge in [0, 0.05) is 30.9 Å². The minimum atomic E-state index is -0.994. The fourth-order valence-electron chi connectivity index (χ4n) is 4.43. The summed E-state index contributed by atoms with van der Waals surface area (Å²) < 4.78 is 47.0. The number of benzene rings is 1. The molecule has 1 amide bonds. The maximum Gasteiger partial charge on any atom is 0.410 e. The molecule has 2 atom stereocenters. The molecule has 0 saturated carbocycles. The lowest BCUT2D eigenvalue weighted by Crippen LogP contribution is -2.35. The lowest BCUT2D eigenvalue weighted by atomic mass is 10.1. The number of likely N-dealkylation sites (tertiary alicyclic amines) is 1. The maximum atomic E-state index is 14.9. The summed E-state index contributed by atoms with van der Waals surface area (Å²) in [5, 5.41) is 15.4. The molecule has 4 rings (SSSR count). The third kappa shape index (κ3) is 5.40. The van der Waals surface area contributed by atoms with E-state index < -0.39 is 35.0 Å². The highest BCUT2D eigenvalue weighted by atomic mass is 19.1. The highest BCUT2D eigenvalue weighted by Crippen LogP contribution is 2.35. The number of nitrogens with zero attached hydrogens (tertiary/aromatic N) is 4. The Morgan fingerprint density at radius 1 is 1.21 bits per heavy atom. The van der Waals surface area contributed by atoms with Crippen LogP contribution in [0.4, 0.5) is 19.4 Å². The number of carbonyl (C=O) groups excluding carboxylic acids is 1. The van der Waals surface area contributed by atoms with E-state index in [1.165, 1.54) is 20.4 Å². The van der Waals surface area contributed by atoms with Crippen LogP contribution in [0.2, 0.25) is 0 Å². The lowest BCUT2D eigenvalue weighted by molar-refractivity contribution is 0.0288. The molecule has 39 heavy (non-hydrogen) atoms. The smallest absolute Gasteiger partial charge is 0.410 e. The molecule has 3 N–H and O–H groups in total. The van der Waals surface area contributed by atoms with E-state index in [1.807, 2.05) is 0 Å². The number of ether oxygens (including phenoxy) is 3. The van der Waals surface area contributed by atoms with E-state index in [0.29, 0.717) is 29.4 Å². The van der Waals surface area contributed by atoms with Crippen LogP contribution < -0.4 is 15.2 Å². The number of amides is 1. The maximum absolute atomic E-state index is 14.9. The highest BCUT2D eigenvalue weighted by molar-refractivity contribution is 5.95. The number of pyridine rings is 1. The van der Waals surface area contributed by atoms with Crippen LogP contribution in [-0.4, -0.2) is 63.8 Å². The molecule has 1 aromatic carbocycles. The molecule has 1 unspecified atom stereocenters. The molecule has 0 bridgehead atoms. The number of aliphatic hydroxyl groups is 1. The fourth-order valence-corrected chi connectivity index (χ4v) is 4.43. The van der Waals surface area contributed by atoms with Gasteiger partial charge in [0.05, 0.1) is 37.3 Å². The largest absolute Gasteiger partial charge is 0.493 e. The zero-order valence-electron chi connectivity index (χ0n) is 22.6. The monoisotopic (exact) mass is 543 g/mol. The van der Waals surface area contributed by atoms with Crippen molar-refractivity contribution >= 4 is 22.8 Å². The second-order valence-electron chi connectivity index (χ2n) is 10.2. The molecule has 3 aromatic rings. The van der Waals surface area contributed by atoms with Gasteiger partial charge in [0.15, 0.2) is 23.1 Å². The van der Waals surface area contributed by atoms with Crippen molar-refractivity contribution in [3.8, 4) is 23.3 Å². The summed E-state index contributed by atoms with van der Waals surface area (Å²) in [7, 11) is 2.49. The van der Waals surface area contributed by atoms with E-state index in [9.17, 15) is 18.7 Å². The Labute approximate surface area is 224 Å². The van der Waals surface area contributed by atoms with Gasteiger partial charge < -0.3 is 30.0 Å². The van der Waals surface area contributed by atoms with Crippen LogP contribution in [0.1, 0.15) is 63.1 Å². The average Bonchev–Trinajstić information content (AvgIpc) is 3.49. The topological polar surface area (TPSA) is 125 Å². The number of methoxy groups -OCH3 is 2. The number of halogens is 2. The second kappa shape index (κ2) is 10.6. The van der Waals surface area contributed by atoms with Crippen LogP contribution in [0.5, 0.6) is 11.5 Å². The van der Waals surface area contributed by atoms with Gasteiger partial charge in [-0.25, -0.2) is 18.6 Å². The molecule has 1 fully saturated rings. The molecule has 208 valence electrons. The van der Waals surface area contributed by atoms with Crippen molar-refractivity contribution in [3.05, 3.63) is 40.7 Å². The van der Waals surface area contributed by atoms with Crippen molar-refractivity contribution < 1.29 is 32.9 Å². The Balaban J connectivity index is 1.84. The number of carbonyl (C=O) groups is 1. The van der Waals surface area contributed by atoms with Gasteiger partial charge in [0.1, 0.15) is 22.7 Å². The van der Waals surface area contributed by atoms with Crippen molar-refractivity contribution in [1.82, 2.24) is 19.7 Å². The van der Waals surface area contributed by atoms with E-state index in [-0.39, 0.29) is 35.6 Å². The van der Waals surface area contributed by atoms with Gasteiger partial charge >= 0.3 is 6.09 Å². The number of rotatable bonds is 4. The standard InChI is InChI=1S/C27H31F2N5O5/c1-14(35)17-12-31-25(30)21-18(8-7-16-22(28)19(37-5)11-20(38-6)23(16)29)32-34(24(17)21)15-9-10-33(13-15)26(36)39-27(2,3)4/h11-12,14-15,35H,9-10,13H2,1-6H3,(H2,30,31)/t14?,15-/m0/s1. The quantitative estimate of drug-likeness (QED) is 0.474. The fraction of sp³-hybridized carbons (Fsp3) is 0.444. The zero-order valence-corrected chi connectivity index (χ0v) is 22.6. The highest BCUT2D eigenvalue weighted by Gasteiger charge is 2.33. The molecule has 0 aliphatic carbocycles. The summed E-state index contributed by atoms with van der Waals surface area (Å²) in [5.74, 6) is 2.85. The zero-order chi connectivity index (χ0) is 28.6. The van der Waals surface area contributed by atoms with Gasteiger partial charge in [-0.3, -0.25) is 4.68 Å². The molecular weight excluding hydrogens is 512 g/mol. The molecule has 10 nitrogen and oxygen atoms in total. The molecule has 0 spiro atoms. The van der Waals surface area contributed by atoms with Crippen molar-refractivity contribution in [2.45, 2.75) is 51.9 Å². The summed E-state index contributed by atoms with van der Waals surface area (Å²) >= 11 is 0. The summed E-state index contributed by atoms with van der Waals surface area (Å²) in [5.41, 5.74) is 6.02. The Kier molecular flexibility index (Phi) is 7.57. The Morgan fingerprint density at radius 2 is 1.85 bits per heavy atom. The summed E-state index contributed by atoms with van der Waals surface area (Å²) in [6.45, 7) is 7.66. The first kappa shape index (κ1) is 27.9. The predicted molar refractivity (Wildman–Crippen MR) is 139 cm³/mol. The van der Waals surface area contributed by atoms with E-state index >= 15 is 0 Å². The van der Waals surface area contributed by atoms with Gasteiger partial charge in [-0.15, -0.1) is 0 Å². The van der Waals surface area contributed by atoms with E-state index in [2.05, 4.69) is 21.9 Å². The lowest BCUT2D eigenvalue weighted by Gasteiger charge is -2.24. The second-order valence-corrected chi connectivity index (χ2v) is 10.2. The first-order valence-electron chi connectivity index (χ1n) is 12.3. The molecule has 3 heterocycles. The summed E-state index contributed by atoms with van der Waals surface area (Å²) in [6.07, 6.45) is 0.611. The SMILES string of the molecule is COc1cc(OC)c(F)c(C#Cc2nn([C@H]3CCN(C(=O)OC(C)(C)C)C3)c3c(C(C)O)cnc(N)c23)c1F. The molecule has 1 aliphatic rings. The van der Waals surface area contributed by atoms with Crippen LogP contribution in [0, 0.1) is 23.5 Å². The number of hydrogen-bond donors (Lipinski definition) is 2. The van der Waals surface area contributed by atoms with Gasteiger partial charge in [0.2, 0.25) is 0 Å². The molecule has 2 aromatic heterocycles. The van der Waals surface area contributed by atoms with Gasteiger partial charge in [-0.05, 0) is 40.0 Å².